The lowest BCUT2D eigenvalue weighted by Crippen LogP contribution is -2.46. The Morgan fingerprint density at radius 3 is 2.50 bits per heavy atom. The average Bonchev–Trinajstić information content (AvgIpc) is 2.42. The van der Waals surface area contributed by atoms with Crippen molar-refractivity contribution < 1.29 is 9.59 Å². The Morgan fingerprint density at radius 2 is 1.95 bits per heavy atom. The number of likely N-dealkylation sites (N-methyl/N-ethyl adjacent to an activating group) is 1. The molecule has 0 radical (unpaired) electrons. The van der Waals surface area contributed by atoms with Gasteiger partial charge in [0.15, 0.2) is 0 Å². The van der Waals surface area contributed by atoms with E-state index >= 15 is 0 Å². The van der Waals surface area contributed by atoms with Gasteiger partial charge < -0.3 is 16.0 Å². The van der Waals surface area contributed by atoms with Gasteiger partial charge in [-0.2, -0.15) is 0 Å². The first-order valence-corrected chi connectivity index (χ1v) is 6.93. The Hall–Kier alpha value is -1.75. The van der Waals surface area contributed by atoms with E-state index in [4.69, 9.17) is 17.3 Å². The number of rotatable bonds is 5. The van der Waals surface area contributed by atoms with Crippen LogP contribution < -0.4 is 11.1 Å². The number of nitrogens with one attached hydrogen (secondary N) is 1. The lowest BCUT2D eigenvalue weighted by Gasteiger charge is -2.23. The van der Waals surface area contributed by atoms with Crippen LogP contribution in [0.5, 0.6) is 0 Å². The minimum atomic E-state index is -0.610. The maximum Gasteiger partial charge on any atom is 0.254 e. The minimum absolute atomic E-state index is 0.121. The van der Waals surface area contributed by atoms with Crippen molar-refractivity contribution in [3.8, 4) is 0 Å². The van der Waals surface area contributed by atoms with Gasteiger partial charge in [0.25, 0.3) is 5.91 Å². The Balaban J connectivity index is 2.80. The molecular formula is C14H20ClN3O2. The van der Waals surface area contributed by atoms with Gasteiger partial charge in [-0.3, -0.25) is 9.59 Å². The minimum Gasteiger partial charge on any atom is -0.398 e. The van der Waals surface area contributed by atoms with Gasteiger partial charge in [-0.05, 0) is 39.0 Å². The van der Waals surface area contributed by atoms with Crippen molar-refractivity contribution in [2.24, 2.45) is 0 Å². The molecule has 0 fully saturated rings. The fraction of sp³-hybridized carbons (Fsp3) is 0.429. The van der Waals surface area contributed by atoms with Gasteiger partial charge in [0, 0.05) is 23.8 Å². The number of anilines is 1. The SMILES string of the molecule is CCN(CC)C(=O)C(C)NC(=O)c1cc(Cl)ccc1N. The van der Waals surface area contributed by atoms with E-state index in [0.717, 1.165) is 0 Å². The zero-order chi connectivity index (χ0) is 15.3. The summed E-state index contributed by atoms with van der Waals surface area (Å²) in [5.74, 6) is -0.526. The van der Waals surface area contributed by atoms with Gasteiger partial charge in [-0.15, -0.1) is 0 Å². The molecule has 0 bridgehead atoms. The summed E-state index contributed by atoms with van der Waals surface area (Å²) in [6.07, 6.45) is 0. The van der Waals surface area contributed by atoms with E-state index < -0.39 is 11.9 Å². The first-order valence-electron chi connectivity index (χ1n) is 6.55. The Bertz CT molecular complexity index is 501. The predicted molar refractivity (Wildman–Crippen MR) is 80.7 cm³/mol. The quantitative estimate of drug-likeness (QED) is 0.815. The second-order valence-electron chi connectivity index (χ2n) is 4.44. The Kier molecular flexibility index (Phi) is 5.82. The van der Waals surface area contributed by atoms with Crippen molar-refractivity contribution in [3.05, 3.63) is 28.8 Å². The third kappa shape index (κ3) is 3.87. The molecule has 0 aliphatic rings. The van der Waals surface area contributed by atoms with Crippen molar-refractivity contribution in [2.75, 3.05) is 18.8 Å². The molecule has 1 atom stereocenters. The van der Waals surface area contributed by atoms with E-state index in [0.29, 0.717) is 23.8 Å². The topological polar surface area (TPSA) is 75.4 Å². The molecule has 3 N–H and O–H groups in total. The zero-order valence-electron chi connectivity index (χ0n) is 11.9. The van der Waals surface area contributed by atoms with Crippen LogP contribution in [-0.4, -0.2) is 35.8 Å². The molecule has 1 rings (SSSR count). The molecular weight excluding hydrogens is 278 g/mol. The summed E-state index contributed by atoms with van der Waals surface area (Å²) in [5.41, 5.74) is 6.34. The summed E-state index contributed by atoms with van der Waals surface area (Å²) in [4.78, 5) is 25.8. The number of carbonyl (C=O) groups is 2. The number of benzene rings is 1. The first kappa shape index (κ1) is 16.3. The molecule has 0 aromatic heterocycles. The highest BCUT2D eigenvalue weighted by atomic mass is 35.5. The second kappa shape index (κ2) is 7.14. The molecule has 2 amide bonds. The van der Waals surface area contributed by atoms with Crippen LogP contribution in [0.4, 0.5) is 5.69 Å². The molecule has 0 saturated carbocycles. The van der Waals surface area contributed by atoms with Crippen LogP contribution >= 0.6 is 11.6 Å². The number of amides is 2. The largest absolute Gasteiger partial charge is 0.398 e. The molecule has 20 heavy (non-hydrogen) atoms. The predicted octanol–water partition coefficient (Wildman–Crippen LogP) is 1.91. The fourth-order valence-corrected chi connectivity index (χ4v) is 2.04. The normalized spacial score (nSPS) is 11.8. The molecule has 0 heterocycles. The van der Waals surface area contributed by atoms with Crippen molar-refractivity contribution in [1.29, 1.82) is 0 Å². The molecule has 5 nitrogen and oxygen atoms in total. The highest BCUT2D eigenvalue weighted by molar-refractivity contribution is 6.31. The number of nitrogens with zero attached hydrogens (tertiary/aromatic N) is 1. The second-order valence-corrected chi connectivity index (χ2v) is 4.87. The van der Waals surface area contributed by atoms with Gasteiger partial charge in [-0.25, -0.2) is 0 Å². The molecule has 1 aromatic carbocycles. The summed E-state index contributed by atoms with van der Waals surface area (Å²) >= 11 is 5.84. The fourth-order valence-electron chi connectivity index (χ4n) is 1.87. The lowest BCUT2D eigenvalue weighted by atomic mass is 10.1. The Morgan fingerprint density at radius 1 is 1.35 bits per heavy atom. The van der Waals surface area contributed by atoms with Crippen LogP contribution in [0.25, 0.3) is 0 Å². The van der Waals surface area contributed by atoms with E-state index in [1.165, 1.54) is 6.07 Å². The number of hydrogen-bond acceptors (Lipinski definition) is 3. The van der Waals surface area contributed by atoms with Gasteiger partial charge >= 0.3 is 0 Å². The average molecular weight is 298 g/mol. The third-order valence-electron chi connectivity index (χ3n) is 3.05. The van der Waals surface area contributed by atoms with Crippen LogP contribution in [-0.2, 0) is 4.79 Å². The maximum atomic E-state index is 12.1. The van der Waals surface area contributed by atoms with E-state index in [2.05, 4.69) is 5.32 Å². The van der Waals surface area contributed by atoms with E-state index in [9.17, 15) is 9.59 Å². The number of nitrogens with two attached hydrogens (primary N) is 1. The summed E-state index contributed by atoms with van der Waals surface area (Å²) in [7, 11) is 0. The third-order valence-corrected chi connectivity index (χ3v) is 3.29. The van der Waals surface area contributed by atoms with Crippen LogP contribution in [0.2, 0.25) is 5.02 Å². The smallest absolute Gasteiger partial charge is 0.254 e. The van der Waals surface area contributed by atoms with Crippen molar-refractivity contribution >= 4 is 29.1 Å². The summed E-state index contributed by atoms with van der Waals surface area (Å²) in [6, 6.07) is 4.05. The highest BCUT2D eigenvalue weighted by Gasteiger charge is 2.21. The van der Waals surface area contributed by atoms with Crippen LogP contribution in [0.15, 0.2) is 18.2 Å². The molecule has 0 spiro atoms. The monoisotopic (exact) mass is 297 g/mol. The summed E-state index contributed by atoms with van der Waals surface area (Å²) < 4.78 is 0. The maximum absolute atomic E-state index is 12.1. The van der Waals surface area contributed by atoms with Crippen LogP contribution in [0, 0.1) is 0 Å². The van der Waals surface area contributed by atoms with E-state index in [-0.39, 0.29) is 11.5 Å². The van der Waals surface area contributed by atoms with E-state index in [1.807, 2.05) is 13.8 Å². The number of hydrogen-bond donors (Lipinski definition) is 2. The van der Waals surface area contributed by atoms with Crippen molar-refractivity contribution in [3.63, 3.8) is 0 Å². The van der Waals surface area contributed by atoms with Gasteiger partial charge in [-0.1, -0.05) is 11.6 Å². The lowest BCUT2D eigenvalue weighted by molar-refractivity contribution is -0.132. The molecule has 1 unspecified atom stereocenters. The van der Waals surface area contributed by atoms with Crippen molar-refractivity contribution in [2.45, 2.75) is 26.8 Å². The first-order chi connectivity index (χ1) is 9.40. The van der Waals surface area contributed by atoms with Crippen molar-refractivity contribution in [1.82, 2.24) is 10.2 Å². The standard InChI is InChI=1S/C14H20ClN3O2/c1-4-18(5-2)14(20)9(3)17-13(19)11-8-10(15)6-7-12(11)16/h6-9H,4-5,16H2,1-3H3,(H,17,19). The summed E-state index contributed by atoms with van der Waals surface area (Å²) in [6.45, 7) is 6.65. The number of nitrogen functional groups attached to an aromatic ring is 1. The van der Waals surface area contributed by atoms with Crippen LogP contribution in [0.1, 0.15) is 31.1 Å². The highest BCUT2D eigenvalue weighted by Crippen LogP contribution is 2.17. The van der Waals surface area contributed by atoms with Crippen LogP contribution in [0.3, 0.4) is 0 Å². The number of carbonyl (C=O) groups excluding carboxylic acids is 2. The molecule has 110 valence electrons. The molecule has 1 aromatic rings. The van der Waals surface area contributed by atoms with Gasteiger partial charge in [0.1, 0.15) is 6.04 Å². The number of halogens is 1. The molecule has 0 aliphatic carbocycles. The molecule has 0 aliphatic heterocycles. The molecule has 6 heteroatoms. The zero-order valence-corrected chi connectivity index (χ0v) is 12.7. The Labute approximate surface area is 124 Å². The summed E-state index contributed by atoms with van der Waals surface area (Å²) in [5, 5.41) is 3.07. The van der Waals surface area contributed by atoms with Gasteiger partial charge in [0.2, 0.25) is 5.91 Å². The molecule has 0 saturated heterocycles. The van der Waals surface area contributed by atoms with E-state index in [1.54, 1.807) is 24.0 Å². The van der Waals surface area contributed by atoms with Gasteiger partial charge in [0.05, 0.1) is 5.56 Å².